The van der Waals surface area contributed by atoms with Gasteiger partial charge in [0.15, 0.2) is 0 Å². The lowest BCUT2D eigenvalue weighted by molar-refractivity contribution is 0.0800. The maximum Gasteiger partial charge on any atom is 0.0914 e. The molecule has 1 aromatic carbocycles. The maximum atomic E-state index is 10.1. The number of halogens is 1. The Kier molecular flexibility index (Phi) is 4.28. The number of aliphatic hydroxyl groups excluding tert-OH is 1. The molecule has 2 N–H and O–H groups in total. The highest BCUT2D eigenvalue weighted by molar-refractivity contribution is 6.30. The zero-order chi connectivity index (χ0) is 13.2. The molecular formula is C14H20ClNO2. The second kappa shape index (κ2) is 5.57. The Labute approximate surface area is 113 Å². The minimum atomic E-state index is -0.521. The van der Waals surface area contributed by atoms with E-state index in [0.717, 1.165) is 18.6 Å². The van der Waals surface area contributed by atoms with Crippen molar-refractivity contribution < 1.29 is 9.84 Å². The second-order valence-corrected chi connectivity index (χ2v) is 5.57. The van der Waals surface area contributed by atoms with E-state index in [0.29, 0.717) is 11.6 Å². The summed E-state index contributed by atoms with van der Waals surface area (Å²) in [5.74, 6) is 0. The van der Waals surface area contributed by atoms with Crippen molar-refractivity contribution >= 4 is 11.6 Å². The molecule has 0 aliphatic carbocycles. The maximum absolute atomic E-state index is 10.1. The molecule has 3 atom stereocenters. The third-order valence-electron chi connectivity index (χ3n) is 3.84. The number of hydrogen-bond acceptors (Lipinski definition) is 3. The fourth-order valence-corrected chi connectivity index (χ4v) is 2.33. The summed E-state index contributed by atoms with van der Waals surface area (Å²) in [6, 6.07) is 7.30. The molecule has 1 saturated heterocycles. The summed E-state index contributed by atoms with van der Waals surface area (Å²) < 4.78 is 5.56. The smallest absolute Gasteiger partial charge is 0.0914 e. The molecule has 0 saturated carbocycles. The van der Waals surface area contributed by atoms with Gasteiger partial charge in [-0.15, -0.1) is 0 Å². The van der Waals surface area contributed by atoms with Crippen LogP contribution in [0.1, 0.15) is 31.9 Å². The van der Waals surface area contributed by atoms with Crippen molar-refractivity contribution in [2.75, 3.05) is 13.2 Å². The Hall–Kier alpha value is -0.610. The molecule has 0 spiro atoms. The number of ether oxygens (including phenoxy) is 1. The van der Waals surface area contributed by atoms with Gasteiger partial charge in [-0.2, -0.15) is 0 Å². The van der Waals surface area contributed by atoms with E-state index in [4.69, 9.17) is 16.3 Å². The van der Waals surface area contributed by atoms with Crippen molar-refractivity contribution in [1.82, 2.24) is 5.32 Å². The minimum Gasteiger partial charge on any atom is -0.387 e. The molecule has 0 aromatic heterocycles. The van der Waals surface area contributed by atoms with Crippen LogP contribution in [-0.4, -0.2) is 29.9 Å². The lowest BCUT2D eigenvalue weighted by Gasteiger charge is -2.30. The molecule has 1 aliphatic rings. The normalized spacial score (nSPS) is 29.4. The van der Waals surface area contributed by atoms with Crippen LogP contribution < -0.4 is 5.32 Å². The lowest BCUT2D eigenvalue weighted by Crippen LogP contribution is -2.49. The molecule has 1 fully saturated rings. The van der Waals surface area contributed by atoms with E-state index >= 15 is 0 Å². The van der Waals surface area contributed by atoms with E-state index in [1.54, 1.807) is 12.1 Å². The van der Waals surface area contributed by atoms with Crippen LogP contribution in [0.25, 0.3) is 0 Å². The van der Waals surface area contributed by atoms with E-state index in [9.17, 15) is 5.11 Å². The summed E-state index contributed by atoms with van der Waals surface area (Å²) in [4.78, 5) is 0. The van der Waals surface area contributed by atoms with Crippen LogP contribution in [0.2, 0.25) is 5.02 Å². The first kappa shape index (κ1) is 13.8. The van der Waals surface area contributed by atoms with Crippen LogP contribution in [0.15, 0.2) is 24.3 Å². The summed E-state index contributed by atoms with van der Waals surface area (Å²) in [6.07, 6.45) is 0.628. The van der Waals surface area contributed by atoms with Gasteiger partial charge in [0.1, 0.15) is 0 Å². The molecule has 1 aliphatic heterocycles. The van der Waals surface area contributed by atoms with E-state index in [2.05, 4.69) is 19.2 Å². The van der Waals surface area contributed by atoms with Crippen molar-refractivity contribution in [3.05, 3.63) is 34.9 Å². The molecule has 1 aromatic rings. The molecule has 2 rings (SSSR count). The summed E-state index contributed by atoms with van der Waals surface area (Å²) in [5.41, 5.74) is 0.829. The summed E-state index contributed by atoms with van der Waals surface area (Å²) in [6.45, 7) is 5.50. The van der Waals surface area contributed by atoms with Crippen molar-refractivity contribution in [1.29, 1.82) is 0 Å². The van der Waals surface area contributed by atoms with Crippen molar-refractivity contribution in [3.63, 3.8) is 0 Å². The molecule has 0 radical (unpaired) electrons. The largest absolute Gasteiger partial charge is 0.387 e. The van der Waals surface area contributed by atoms with Gasteiger partial charge in [-0.25, -0.2) is 0 Å². The zero-order valence-electron chi connectivity index (χ0n) is 10.8. The highest BCUT2D eigenvalue weighted by Crippen LogP contribution is 2.26. The Morgan fingerprint density at radius 1 is 1.50 bits per heavy atom. The number of hydrogen-bond donors (Lipinski definition) is 2. The Bertz CT molecular complexity index is 395. The predicted octanol–water partition coefficient (Wildman–Crippen LogP) is 2.53. The summed E-state index contributed by atoms with van der Waals surface area (Å²) in [5, 5.41) is 14.2. The Morgan fingerprint density at radius 2 is 2.17 bits per heavy atom. The van der Waals surface area contributed by atoms with Gasteiger partial charge in [-0.05, 0) is 38.0 Å². The molecule has 3 nitrogen and oxygen atoms in total. The molecule has 1 heterocycles. The first-order valence-electron chi connectivity index (χ1n) is 6.31. The van der Waals surface area contributed by atoms with Gasteiger partial charge in [0.2, 0.25) is 0 Å². The average molecular weight is 270 g/mol. The molecule has 3 unspecified atom stereocenters. The van der Waals surface area contributed by atoms with Gasteiger partial charge in [-0.1, -0.05) is 23.7 Å². The number of aliphatic hydroxyl groups is 1. The fraction of sp³-hybridized carbons (Fsp3) is 0.571. The zero-order valence-corrected chi connectivity index (χ0v) is 11.6. The predicted molar refractivity (Wildman–Crippen MR) is 72.9 cm³/mol. The summed E-state index contributed by atoms with van der Waals surface area (Å²) >= 11 is 5.82. The van der Waals surface area contributed by atoms with Crippen molar-refractivity contribution in [3.8, 4) is 0 Å². The monoisotopic (exact) mass is 269 g/mol. The lowest BCUT2D eigenvalue weighted by atomic mass is 9.94. The molecule has 18 heavy (non-hydrogen) atoms. The fourth-order valence-electron chi connectivity index (χ4n) is 2.20. The van der Waals surface area contributed by atoms with Crippen LogP contribution in [-0.2, 0) is 4.74 Å². The molecule has 0 bridgehead atoms. The third kappa shape index (κ3) is 3.04. The second-order valence-electron chi connectivity index (χ2n) is 5.13. The highest BCUT2D eigenvalue weighted by atomic mass is 35.5. The van der Waals surface area contributed by atoms with Gasteiger partial charge >= 0.3 is 0 Å². The van der Waals surface area contributed by atoms with E-state index in [1.807, 2.05) is 12.1 Å². The number of nitrogens with one attached hydrogen (secondary N) is 1. The highest BCUT2D eigenvalue weighted by Gasteiger charge is 2.36. The van der Waals surface area contributed by atoms with Crippen LogP contribution in [0.3, 0.4) is 0 Å². The average Bonchev–Trinajstić information content (AvgIpc) is 2.68. The topological polar surface area (TPSA) is 41.5 Å². The van der Waals surface area contributed by atoms with E-state index in [1.165, 1.54) is 0 Å². The Balaban J connectivity index is 1.92. The first-order chi connectivity index (χ1) is 8.51. The van der Waals surface area contributed by atoms with Gasteiger partial charge in [0, 0.05) is 23.7 Å². The van der Waals surface area contributed by atoms with Crippen LogP contribution in [0.5, 0.6) is 0 Å². The van der Waals surface area contributed by atoms with Gasteiger partial charge in [0.25, 0.3) is 0 Å². The van der Waals surface area contributed by atoms with Crippen LogP contribution >= 0.6 is 11.6 Å². The number of rotatable bonds is 4. The molecule has 100 valence electrons. The van der Waals surface area contributed by atoms with Crippen molar-refractivity contribution in [2.24, 2.45) is 0 Å². The van der Waals surface area contributed by atoms with Gasteiger partial charge in [-0.3, -0.25) is 0 Å². The van der Waals surface area contributed by atoms with E-state index in [-0.39, 0.29) is 11.6 Å². The quantitative estimate of drug-likeness (QED) is 0.883. The van der Waals surface area contributed by atoms with Gasteiger partial charge in [0.05, 0.1) is 12.2 Å². The molecule has 0 amide bonds. The van der Waals surface area contributed by atoms with E-state index < -0.39 is 6.10 Å². The van der Waals surface area contributed by atoms with Crippen LogP contribution in [0.4, 0.5) is 0 Å². The number of benzene rings is 1. The van der Waals surface area contributed by atoms with Gasteiger partial charge < -0.3 is 15.2 Å². The van der Waals surface area contributed by atoms with Crippen LogP contribution in [0, 0.1) is 0 Å². The third-order valence-corrected chi connectivity index (χ3v) is 4.09. The molecular weight excluding hydrogens is 250 g/mol. The standard InChI is InChI=1S/C14H20ClNO2/c1-10-14(2,7-8-18-10)16-9-13(17)11-3-5-12(15)6-4-11/h3-6,10,13,16-17H,7-9H2,1-2H3. The number of β-amino-alcohol motifs (C(OH)–C–C–N with tert-alkyl or cyclic N) is 1. The SMILES string of the molecule is CC1OCCC1(C)NCC(O)c1ccc(Cl)cc1. The molecule has 4 heteroatoms. The minimum absolute atomic E-state index is 0.0482. The van der Waals surface area contributed by atoms with Crippen molar-refractivity contribution in [2.45, 2.75) is 38.0 Å². The summed E-state index contributed by atoms with van der Waals surface area (Å²) in [7, 11) is 0. The first-order valence-corrected chi connectivity index (χ1v) is 6.69. The Morgan fingerprint density at radius 3 is 2.72 bits per heavy atom.